The van der Waals surface area contributed by atoms with Crippen LogP contribution in [0.15, 0.2) is 24.3 Å². The average Bonchev–Trinajstić information content (AvgIpc) is 2.94. The molecule has 1 aliphatic carbocycles. The average molecular weight is 261 g/mol. The molecule has 0 bridgehead atoms. The van der Waals surface area contributed by atoms with E-state index in [4.69, 9.17) is 4.74 Å². The largest absolute Gasteiger partial charge is 0.396 e. The van der Waals surface area contributed by atoms with Crippen LogP contribution in [-0.2, 0) is 11.3 Å². The van der Waals surface area contributed by atoms with Crippen molar-refractivity contribution in [3.63, 3.8) is 0 Å². The SMILES string of the molecule is OCC1(CNC2COCc3ccccc32)CCCC1. The lowest BCUT2D eigenvalue weighted by Crippen LogP contribution is -2.39. The van der Waals surface area contributed by atoms with Gasteiger partial charge in [-0.25, -0.2) is 0 Å². The predicted molar refractivity (Wildman–Crippen MR) is 74.8 cm³/mol. The first-order valence-electron chi connectivity index (χ1n) is 7.33. The third kappa shape index (κ3) is 2.69. The topological polar surface area (TPSA) is 41.5 Å². The zero-order valence-corrected chi connectivity index (χ0v) is 11.4. The predicted octanol–water partition coefficient (Wildman–Crippen LogP) is 2.40. The first-order chi connectivity index (χ1) is 9.33. The summed E-state index contributed by atoms with van der Waals surface area (Å²) in [5, 5.41) is 13.3. The Hall–Kier alpha value is -0.900. The van der Waals surface area contributed by atoms with E-state index in [1.807, 2.05) is 0 Å². The summed E-state index contributed by atoms with van der Waals surface area (Å²) in [5.41, 5.74) is 2.75. The van der Waals surface area contributed by atoms with Gasteiger partial charge in [0.15, 0.2) is 0 Å². The second-order valence-corrected chi connectivity index (χ2v) is 6.01. The minimum atomic E-state index is 0.104. The molecule has 1 aromatic carbocycles. The first-order valence-corrected chi connectivity index (χ1v) is 7.33. The molecular weight excluding hydrogens is 238 g/mol. The van der Waals surface area contributed by atoms with E-state index in [1.54, 1.807) is 0 Å². The van der Waals surface area contributed by atoms with E-state index in [1.165, 1.54) is 24.0 Å². The second-order valence-electron chi connectivity index (χ2n) is 6.01. The van der Waals surface area contributed by atoms with Crippen LogP contribution in [0.25, 0.3) is 0 Å². The maximum Gasteiger partial charge on any atom is 0.0721 e. The molecular formula is C16H23NO2. The molecule has 104 valence electrons. The van der Waals surface area contributed by atoms with Crippen LogP contribution in [0.4, 0.5) is 0 Å². The summed E-state index contributed by atoms with van der Waals surface area (Å²) in [7, 11) is 0. The van der Waals surface area contributed by atoms with Crippen molar-refractivity contribution in [2.24, 2.45) is 5.41 Å². The third-order valence-electron chi connectivity index (χ3n) is 4.70. The Morgan fingerprint density at radius 3 is 2.84 bits per heavy atom. The molecule has 0 radical (unpaired) electrons. The van der Waals surface area contributed by atoms with Gasteiger partial charge in [-0.2, -0.15) is 0 Å². The van der Waals surface area contributed by atoms with Crippen LogP contribution in [0.2, 0.25) is 0 Å². The van der Waals surface area contributed by atoms with Crippen molar-refractivity contribution in [1.29, 1.82) is 0 Å². The Labute approximate surface area is 115 Å². The minimum absolute atomic E-state index is 0.104. The van der Waals surface area contributed by atoms with Crippen LogP contribution >= 0.6 is 0 Å². The quantitative estimate of drug-likeness (QED) is 0.874. The summed E-state index contributed by atoms with van der Waals surface area (Å²) in [6.07, 6.45) is 4.79. The maximum absolute atomic E-state index is 9.67. The summed E-state index contributed by atoms with van der Waals surface area (Å²) in [6, 6.07) is 8.76. The monoisotopic (exact) mass is 261 g/mol. The number of hydrogen-bond donors (Lipinski definition) is 2. The van der Waals surface area contributed by atoms with E-state index >= 15 is 0 Å². The number of aliphatic hydroxyl groups is 1. The number of ether oxygens (including phenoxy) is 1. The van der Waals surface area contributed by atoms with Gasteiger partial charge in [0.1, 0.15) is 0 Å². The van der Waals surface area contributed by atoms with E-state index in [2.05, 4.69) is 29.6 Å². The van der Waals surface area contributed by atoms with Crippen molar-refractivity contribution in [1.82, 2.24) is 5.32 Å². The summed E-state index contributed by atoms with van der Waals surface area (Å²) in [4.78, 5) is 0. The summed E-state index contributed by atoms with van der Waals surface area (Å²) in [6.45, 7) is 2.65. The third-order valence-corrected chi connectivity index (χ3v) is 4.70. The lowest BCUT2D eigenvalue weighted by molar-refractivity contribution is 0.0697. The van der Waals surface area contributed by atoms with Gasteiger partial charge >= 0.3 is 0 Å². The zero-order valence-electron chi connectivity index (χ0n) is 11.4. The van der Waals surface area contributed by atoms with Gasteiger partial charge in [0.25, 0.3) is 0 Å². The molecule has 1 saturated carbocycles. The van der Waals surface area contributed by atoms with Gasteiger partial charge in [-0.05, 0) is 24.0 Å². The highest BCUT2D eigenvalue weighted by Crippen LogP contribution is 2.37. The number of benzene rings is 1. The molecule has 1 aromatic rings. The molecule has 3 heteroatoms. The highest BCUT2D eigenvalue weighted by molar-refractivity contribution is 5.31. The van der Waals surface area contributed by atoms with E-state index in [0.717, 1.165) is 32.6 Å². The molecule has 1 unspecified atom stereocenters. The molecule has 19 heavy (non-hydrogen) atoms. The molecule has 2 aliphatic rings. The smallest absolute Gasteiger partial charge is 0.0721 e. The fourth-order valence-electron chi connectivity index (χ4n) is 3.41. The molecule has 3 rings (SSSR count). The van der Waals surface area contributed by atoms with Crippen LogP contribution in [0, 0.1) is 5.41 Å². The van der Waals surface area contributed by atoms with Gasteiger partial charge in [0.05, 0.1) is 19.3 Å². The maximum atomic E-state index is 9.67. The lowest BCUT2D eigenvalue weighted by Gasteiger charge is -2.32. The number of fused-ring (bicyclic) bond motifs is 1. The van der Waals surface area contributed by atoms with Crippen molar-refractivity contribution >= 4 is 0 Å². The van der Waals surface area contributed by atoms with Crippen molar-refractivity contribution in [2.45, 2.75) is 38.3 Å². The van der Waals surface area contributed by atoms with Gasteiger partial charge in [-0.3, -0.25) is 0 Å². The van der Waals surface area contributed by atoms with E-state index in [-0.39, 0.29) is 11.5 Å². The molecule has 1 heterocycles. The number of nitrogens with one attached hydrogen (secondary N) is 1. The molecule has 1 fully saturated rings. The van der Waals surface area contributed by atoms with Gasteiger partial charge in [-0.1, -0.05) is 37.1 Å². The summed E-state index contributed by atoms with van der Waals surface area (Å²) < 4.78 is 5.67. The van der Waals surface area contributed by atoms with Crippen molar-refractivity contribution < 1.29 is 9.84 Å². The molecule has 0 spiro atoms. The Kier molecular flexibility index (Phi) is 3.87. The summed E-state index contributed by atoms with van der Waals surface area (Å²) >= 11 is 0. The Balaban J connectivity index is 1.68. The molecule has 0 aromatic heterocycles. The molecule has 0 amide bonds. The second kappa shape index (κ2) is 5.61. The molecule has 1 aliphatic heterocycles. The van der Waals surface area contributed by atoms with E-state index in [0.29, 0.717) is 6.61 Å². The van der Waals surface area contributed by atoms with E-state index in [9.17, 15) is 5.11 Å². The van der Waals surface area contributed by atoms with Crippen LogP contribution in [-0.4, -0.2) is 24.9 Å². The Bertz CT molecular complexity index is 427. The molecule has 1 atom stereocenters. The zero-order chi connectivity index (χ0) is 13.1. The first kappa shape index (κ1) is 13.1. The highest BCUT2D eigenvalue weighted by atomic mass is 16.5. The number of rotatable bonds is 4. The molecule has 0 saturated heterocycles. The highest BCUT2D eigenvalue weighted by Gasteiger charge is 2.34. The van der Waals surface area contributed by atoms with Gasteiger partial charge in [0, 0.05) is 18.6 Å². The normalized spacial score (nSPS) is 25.2. The van der Waals surface area contributed by atoms with Crippen molar-refractivity contribution in [2.75, 3.05) is 19.8 Å². The molecule has 2 N–H and O–H groups in total. The number of aliphatic hydroxyl groups excluding tert-OH is 1. The number of hydrogen-bond acceptors (Lipinski definition) is 3. The Morgan fingerprint density at radius 1 is 1.26 bits per heavy atom. The fourth-order valence-corrected chi connectivity index (χ4v) is 3.41. The van der Waals surface area contributed by atoms with Crippen molar-refractivity contribution in [3.8, 4) is 0 Å². The van der Waals surface area contributed by atoms with E-state index < -0.39 is 0 Å². The van der Waals surface area contributed by atoms with Crippen molar-refractivity contribution in [3.05, 3.63) is 35.4 Å². The summed E-state index contributed by atoms with van der Waals surface area (Å²) in [5.74, 6) is 0. The lowest BCUT2D eigenvalue weighted by atomic mass is 9.86. The standard InChI is InChI=1S/C16H23NO2/c18-12-16(7-3-4-8-16)11-17-15-10-19-9-13-5-1-2-6-14(13)15/h1-2,5-6,15,17-18H,3-4,7-12H2. The van der Waals surface area contributed by atoms with Gasteiger partial charge in [-0.15, -0.1) is 0 Å². The van der Waals surface area contributed by atoms with Crippen LogP contribution in [0.1, 0.15) is 42.9 Å². The van der Waals surface area contributed by atoms with Gasteiger partial charge in [0.2, 0.25) is 0 Å². The minimum Gasteiger partial charge on any atom is -0.396 e. The van der Waals surface area contributed by atoms with Crippen LogP contribution in [0.3, 0.4) is 0 Å². The molecule has 3 nitrogen and oxygen atoms in total. The van der Waals surface area contributed by atoms with Crippen LogP contribution in [0.5, 0.6) is 0 Å². The Morgan fingerprint density at radius 2 is 2.05 bits per heavy atom. The van der Waals surface area contributed by atoms with Crippen LogP contribution < -0.4 is 5.32 Å². The van der Waals surface area contributed by atoms with Gasteiger partial charge < -0.3 is 15.2 Å². The fraction of sp³-hybridized carbons (Fsp3) is 0.625.